The molecule has 0 amide bonds. The van der Waals surface area contributed by atoms with Crippen molar-refractivity contribution < 1.29 is 5.11 Å². The highest BCUT2D eigenvalue weighted by Gasteiger charge is 2.00. The summed E-state index contributed by atoms with van der Waals surface area (Å²) in [7, 11) is 0. The molecular weight excluding hydrogens is 224 g/mol. The number of H-pyrrole nitrogens is 1. The zero-order chi connectivity index (χ0) is 11.4. The number of thiazole rings is 1. The maximum absolute atomic E-state index is 10.9. The maximum atomic E-state index is 10.9. The number of phenolic OH excluding ortho intramolecular Hbond substituents is 1. The molecule has 1 heterocycles. The minimum Gasteiger partial charge on any atom is -0.508 e. The van der Waals surface area contributed by atoms with Crippen LogP contribution in [0, 0.1) is 0 Å². The van der Waals surface area contributed by atoms with Gasteiger partial charge in [-0.1, -0.05) is 29.5 Å². The lowest BCUT2D eigenvalue weighted by Crippen LogP contribution is -2.13. The third-order valence-corrected chi connectivity index (χ3v) is 2.91. The fourth-order valence-corrected chi connectivity index (χ4v) is 1.97. The van der Waals surface area contributed by atoms with E-state index in [0.717, 1.165) is 22.6 Å². The molecule has 2 rings (SSSR count). The van der Waals surface area contributed by atoms with Crippen LogP contribution in [-0.2, 0) is 13.1 Å². The van der Waals surface area contributed by atoms with E-state index in [1.807, 2.05) is 12.1 Å². The van der Waals surface area contributed by atoms with Crippen LogP contribution in [0.15, 0.2) is 34.4 Å². The second kappa shape index (κ2) is 4.96. The van der Waals surface area contributed by atoms with Crippen molar-refractivity contribution in [2.75, 3.05) is 0 Å². The number of aromatic amines is 1. The highest BCUT2D eigenvalue weighted by molar-refractivity contribution is 7.07. The van der Waals surface area contributed by atoms with E-state index in [4.69, 9.17) is 0 Å². The minimum atomic E-state index is -0.0423. The normalized spacial score (nSPS) is 10.5. The van der Waals surface area contributed by atoms with E-state index in [2.05, 4.69) is 10.3 Å². The number of phenols is 1. The molecule has 0 spiro atoms. The molecule has 0 radical (unpaired) electrons. The quantitative estimate of drug-likeness (QED) is 0.752. The third-order valence-electron chi connectivity index (χ3n) is 2.19. The van der Waals surface area contributed by atoms with Gasteiger partial charge < -0.3 is 15.4 Å². The van der Waals surface area contributed by atoms with Crippen molar-refractivity contribution in [1.29, 1.82) is 0 Å². The van der Waals surface area contributed by atoms with Crippen molar-refractivity contribution in [2.45, 2.75) is 13.1 Å². The molecule has 0 fully saturated rings. The average molecular weight is 236 g/mol. The Hall–Kier alpha value is -1.59. The van der Waals surface area contributed by atoms with Gasteiger partial charge >= 0.3 is 4.87 Å². The van der Waals surface area contributed by atoms with E-state index >= 15 is 0 Å². The number of nitrogens with one attached hydrogen (secondary N) is 2. The molecule has 84 valence electrons. The molecule has 1 aromatic carbocycles. The summed E-state index contributed by atoms with van der Waals surface area (Å²) in [5, 5.41) is 14.5. The predicted molar refractivity (Wildman–Crippen MR) is 63.6 cm³/mol. The third kappa shape index (κ3) is 2.71. The summed E-state index contributed by atoms with van der Waals surface area (Å²) in [6.45, 7) is 1.16. The lowest BCUT2D eigenvalue weighted by Gasteiger charge is -2.05. The van der Waals surface area contributed by atoms with Crippen LogP contribution in [0.1, 0.15) is 11.3 Å². The Morgan fingerprint density at radius 2 is 2.12 bits per heavy atom. The second-order valence-corrected chi connectivity index (χ2v) is 4.25. The molecule has 3 N–H and O–H groups in total. The van der Waals surface area contributed by atoms with Crippen molar-refractivity contribution in [3.8, 4) is 5.75 Å². The number of aromatic hydroxyl groups is 1. The van der Waals surface area contributed by atoms with Gasteiger partial charge in [0.2, 0.25) is 0 Å². The highest BCUT2D eigenvalue weighted by atomic mass is 32.1. The first-order valence-electron chi connectivity index (χ1n) is 4.90. The largest absolute Gasteiger partial charge is 0.508 e. The van der Waals surface area contributed by atoms with Crippen LogP contribution >= 0.6 is 11.3 Å². The first-order chi connectivity index (χ1) is 7.75. The molecule has 4 nitrogen and oxygen atoms in total. The highest BCUT2D eigenvalue weighted by Crippen LogP contribution is 2.14. The molecular formula is C11H12N2O2S. The van der Waals surface area contributed by atoms with Crippen molar-refractivity contribution in [3.63, 3.8) is 0 Å². The Balaban J connectivity index is 1.89. The molecule has 0 unspecified atom stereocenters. The Labute approximate surface area is 96.6 Å². The predicted octanol–water partition coefficient (Wildman–Crippen LogP) is 1.43. The molecule has 0 aliphatic rings. The topological polar surface area (TPSA) is 65.1 Å². The summed E-state index contributed by atoms with van der Waals surface area (Å²) in [5.74, 6) is 0.286. The molecule has 0 atom stereocenters. The molecule has 16 heavy (non-hydrogen) atoms. The SMILES string of the molecule is O=c1[nH]c(CNCc2ccccc2O)cs1. The lowest BCUT2D eigenvalue weighted by molar-refractivity contribution is 0.464. The first-order valence-corrected chi connectivity index (χ1v) is 5.78. The summed E-state index contributed by atoms with van der Waals surface area (Å²) in [5.41, 5.74) is 1.71. The second-order valence-electron chi connectivity index (χ2n) is 3.41. The smallest absolute Gasteiger partial charge is 0.304 e. The van der Waals surface area contributed by atoms with Crippen LogP contribution in [0.25, 0.3) is 0 Å². The molecule has 0 aliphatic carbocycles. The van der Waals surface area contributed by atoms with E-state index in [1.165, 1.54) is 0 Å². The van der Waals surface area contributed by atoms with E-state index in [0.29, 0.717) is 13.1 Å². The van der Waals surface area contributed by atoms with E-state index in [-0.39, 0.29) is 10.6 Å². The number of rotatable bonds is 4. The van der Waals surface area contributed by atoms with Crippen LogP contribution in [0.2, 0.25) is 0 Å². The van der Waals surface area contributed by atoms with Crippen LogP contribution < -0.4 is 10.2 Å². The lowest BCUT2D eigenvalue weighted by atomic mass is 10.2. The van der Waals surface area contributed by atoms with Crippen LogP contribution in [0.4, 0.5) is 0 Å². The van der Waals surface area contributed by atoms with Crippen molar-refractivity contribution >= 4 is 11.3 Å². The molecule has 5 heteroatoms. The zero-order valence-electron chi connectivity index (χ0n) is 8.56. The number of benzene rings is 1. The van der Waals surface area contributed by atoms with Gasteiger partial charge in [0.1, 0.15) is 5.75 Å². The molecule has 0 aliphatic heterocycles. The van der Waals surface area contributed by atoms with Gasteiger partial charge in [0.25, 0.3) is 0 Å². The summed E-state index contributed by atoms with van der Waals surface area (Å²) in [4.78, 5) is 13.5. The molecule has 2 aromatic rings. The van der Waals surface area contributed by atoms with Gasteiger partial charge in [-0.3, -0.25) is 4.79 Å². The Morgan fingerprint density at radius 3 is 2.81 bits per heavy atom. The number of aromatic nitrogens is 1. The van der Waals surface area contributed by atoms with Gasteiger partial charge in [0.05, 0.1) is 0 Å². The van der Waals surface area contributed by atoms with E-state index in [1.54, 1.807) is 17.5 Å². The zero-order valence-corrected chi connectivity index (χ0v) is 9.38. The molecule has 1 aromatic heterocycles. The van der Waals surface area contributed by atoms with Gasteiger partial charge in [-0.2, -0.15) is 0 Å². The van der Waals surface area contributed by atoms with Gasteiger partial charge in [0.15, 0.2) is 0 Å². The average Bonchev–Trinajstić information content (AvgIpc) is 2.67. The standard InChI is InChI=1S/C11H12N2O2S/c14-10-4-2-1-3-8(10)5-12-6-9-7-16-11(15)13-9/h1-4,7,12,14H,5-6H2,(H,13,15). The number of hydrogen-bond donors (Lipinski definition) is 3. The summed E-state index contributed by atoms with van der Waals surface area (Å²) >= 11 is 1.15. The van der Waals surface area contributed by atoms with Crippen molar-refractivity contribution in [3.05, 3.63) is 50.6 Å². The fraction of sp³-hybridized carbons (Fsp3) is 0.182. The van der Waals surface area contributed by atoms with Crippen LogP contribution in [0.5, 0.6) is 5.75 Å². The maximum Gasteiger partial charge on any atom is 0.304 e. The van der Waals surface area contributed by atoms with Crippen LogP contribution in [-0.4, -0.2) is 10.1 Å². The summed E-state index contributed by atoms with van der Waals surface area (Å²) in [6.07, 6.45) is 0. The number of hydrogen-bond acceptors (Lipinski definition) is 4. The van der Waals surface area contributed by atoms with Gasteiger partial charge in [0, 0.05) is 29.7 Å². The van der Waals surface area contributed by atoms with Gasteiger partial charge in [-0.25, -0.2) is 0 Å². The van der Waals surface area contributed by atoms with Crippen LogP contribution in [0.3, 0.4) is 0 Å². The Kier molecular flexibility index (Phi) is 3.38. The molecule has 0 saturated carbocycles. The molecule has 0 bridgehead atoms. The van der Waals surface area contributed by atoms with E-state index < -0.39 is 0 Å². The Morgan fingerprint density at radius 1 is 1.31 bits per heavy atom. The summed E-state index contributed by atoms with van der Waals surface area (Å²) < 4.78 is 0. The molecule has 0 saturated heterocycles. The fourth-order valence-electron chi connectivity index (χ4n) is 1.39. The van der Waals surface area contributed by atoms with Gasteiger partial charge in [-0.05, 0) is 6.07 Å². The monoisotopic (exact) mass is 236 g/mol. The first kappa shape index (κ1) is 10.9. The van der Waals surface area contributed by atoms with Gasteiger partial charge in [-0.15, -0.1) is 0 Å². The Bertz CT molecular complexity index is 518. The number of para-hydroxylation sites is 1. The van der Waals surface area contributed by atoms with Crippen molar-refractivity contribution in [1.82, 2.24) is 10.3 Å². The van der Waals surface area contributed by atoms with E-state index in [9.17, 15) is 9.90 Å². The van der Waals surface area contributed by atoms with Crippen molar-refractivity contribution in [2.24, 2.45) is 0 Å². The minimum absolute atomic E-state index is 0.0423. The summed E-state index contributed by atoms with van der Waals surface area (Å²) in [6, 6.07) is 7.18.